The molecule has 0 bridgehead atoms. The summed E-state index contributed by atoms with van der Waals surface area (Å²) >= 11 is 0. The number of rotatable bonds is 9. The summed E-state index contributed by atoms with van der Waals surface area (Å²) in [5.74, 6) is -2.69. The van der Waals surface area contributed by atoms with Crippen molar-refractivity contribution in [2.45, 2.75) is 57.7 Å². The second-order valence-electron chi connectivity index (χ2n) is 9.21. The molecule has 1 aliphatic heterocycles. The molecule has 0 unspecified atom stereocenters. The highest BCUT2D eigenvalue weighted by Crippen LogP contribution is 2.31. The third kappa shape index (κ3) is 5.98. The standard InChI is InChI=1S/C30H30F3NO2/c1-2-3-4-13-30(35-15-5-16-36-30)14-12-21-7-11-25-24(17-21)10-9-23(29(25)33)8-6-22-18-27(31)26(20-34)28(32)19-22/h2-3,7,9-11,17-19H,4-6,8,12-16H2,1H3/b3-2+. The van der Waals surface area contributed by atoms with E-state index in [1.54, 1.807) is 12.1 Å². The van der Waals surface area contributed by atoms with E-state index in [0.717, 1.165) is 55.2 Å². The predicted molar refractivity (Wildman–Crippen MR) is 134 cm³/mol. The Hall–Kier alpha value is -3.14. The Morgan fingerprint density at radius 2 is 1.67 bits per heavy atom. The zero-order chi connectivity index (χ0) is 25.5. The molecule has 0 amide bonds. The number of hydrogen-bond donors (Lipinski definition) is 0. The van der Waals surface area contributed by atoms with Crippen LogP contribution >= 0.6 is 0 Å². The Bertz CT molecular complexity index is 1270. The molecule has 0 aliphatic carbocycles. The molecule has 0 spiro atoms. The molecule has 4 rings (SSSR count). The molecule has 0 saturated carbocycles. The van der Waals surface area contributed by atoms with Crippen molar-refractivity contribution < 1.29 is 22.6 Å². The second-order valence-corrected chi connectivity index (χ2v) is 9.21. The largest absolute Gasteiger partial charge is 0.350 e. The van der Waals surface area contributed by atoms with Crippen LogP contribution in [0.2, 0.25) is 0 Å². The topological polar surface area (TPSA) is 42.2 Å². The molecule has 3 aromatic carbocycles. The first kappa shape index (κ1) is 25.9. The van der Waals surface area contributed by atoms with Crippen molar-refractivity contribution in [2.75, 3.05) is 13.2 Å². The van der Waals surface area contributed by atoms with E-state index in [0.29, 0.717) is 29.7 Å². The Balaban J connectivity index is 1.45. The van der Waals surface area contributed by atoms with Crippen LogP contribution in [0.4, 0.5) is 13.2 Å². The van der Waals surface area contributed by atoms with Crippen molar-refractivity contribution >= 4 is 10.8 Å². The SMILES string of the molecule is C/C=C/CCC1(CCc2ccc3c(F)c(CCc4cc(F)c(C#N)c(F)c4)ccc3c2)OCCCO1. The van der Waals surface area contributed by atoms with Gasteiger partial charge in [-0.15, -0.1) is 0 Å². The minimum absolute atomic E-state index is 0.259. The molecule has 0 aromatic heterocycles. The number of nitrogens with zero attached hydrogens (tertiary/aromatic N) is 1. The van der Waals surface area contributed by atoms with E-state index in [2.05, 4.69) is 6.08 Å². The molecular weight excluding hydrogens is 463 g/mol. The number of allylic oxidation sites excluding steroid dienone is 2. The maximum atomic E-state index is 15.3. The summed E-state index contributed by atoms with van der Waals surface area (Å²) in [4.78, 5) is 0. The Morgan fingerprint density at radius 3 is 2.36 bits per heavy atom. The van der Waals surface area contributed by atoms with E-state index in [4.69, 9.17) is 14.7 Å². The van der Waals surface area contributed by atoms with Crippen LogP contribution in [0.5, 0.6) is 0 Å². The lowest BCUT2D eigenvalue weighted by molar-refractivity contribution is -0.272. The first-order valence-electron chi connectivity index (χ1n) is 12.4. The smallest absolute Gasteiger partial charge is 0.168 e. The number of halogens is 3. The minimum Gasteiger partial charge on any atom is -0.350 e. The second kappa shape index (κ2) is 11.7. The van der Waals surface area contributed by atoms with Crippen molar-refractivity contribution in [1.29, 1.82) is 5.26 Å². The zero-order valence-electron chi connectivity index (χ0n) is 20.5. The first-order chi connectivity index (χ1) is 17.4. The van der Waals surface area contributed by atoms with Gasteiger partial charge in [0, 0.05) is 18.2 Å². The Kier molecular flexibility index (Phi) is 8.45. The summed E-state index contributed by atoms with van der Waals surface area (Å²) in [6.07, 6.45) is 8.78. The van der Waals surface area contributed by atoms with Crippen LogP contribution in [0, 0.1) is 28.8 Å². The van der Waals surface area contributed by atoms with Gasteiger partial charge in [0.2, 0.25) is 0 Å². The van der Waals surface area contributed by atoms with Crippen LogP contribution in [0.1, 0.15) is 54.9 Å². The van der Waals surface area contributed by atoms with Crippen molar-refractivity contribution in [3.05, 3.63) is 94.3 Å². The molecule has 0 radical (unpaired) electrons. The van der Waals surface area contributed by atoms with Crippen molar-refractivity contribution in [3.63, 3.8) is 0 Å². The van der Waals surface area contributed by atoms with E-state index in [1.165, 1.54) is 6.07 Å². The molecule has 1 aliphatic rings. The highest BCUT2D eigenvalue weighted by Gasteiger charge is 2.33. The average molecular weight is 494 g/mol. The summed E-state index contributed by atoms with van der Waals surface area (Å²) in [5, 5.41) is 10.1. The molecule has 1 saturated heterocycles. The fourth-order valence-corrected chi connectivity index (χ4v) is 4.73. The number of hydrogen-bond acceptors (Lipinski definition) is 3. The molecule has 1 heterocycles. The predicted octanol–water partition coefficient (Wildman–Crippen LogP) is 7.34. The number of benzene rings is 3. The van der Waals surface area contributed by atoms with E-state index >= 15 is 4.39 Å². The Labute approximate surface area is 210 Å². The van der Waals surface area contributed by atoms with Gasteiger partial charge in [0.05, 0.1) is 13.2 Å². The maximum Gasteiger partial charge on any atom is 0.168 e. The van der Waals surface area contributed by atoms with Gasteiger partial charge in [0.15, 0.2) is 5.79 Å². The van der Waals surface area contributed by atoms with Gasteiger partial charge in [-0.25, -0.2) is 13.2 Å². The lowest BCUT2D eigenvalue weighted by Gasteiger charge is -2.37. The van der Waals surface area contributed by atoms with Gasteiger partial charge < -0.3 is 9.47 Å². The molecule has 188 valence electrons. The van der Waals surface area contributed by atoms with Gasteiger partial charge in [-0.3, -0.25) is 0 Å². The van der Waals surface area contributed by atoms with Gasteiger partial charge in [0.25, 0.3) is 0 Å². The van der Waals surface area contributed by atoms with Gasteiger partial charge in [-0.2, -0.15) is 5.26 Å². The fraction of sp³-hybridized carbons (Fsp3) is 0.367. The van der Waals surface area contributed by atoms with Crippen LogP contribution in [0.3, 0.4) is 0 Å². The lowest BCUT2D eigenvalue weighted by Crippen LogP contribution is -2.41. The van der Waals surface area contributed by atoms with Crippen molar-refractivity contribution in [3.8, 4) is 6.07 Å². The third-order valence-corrected chi connectivity index (χ3v) is 6.74. The molecule has 3 aromatic rings. The maximum absolute atomic E-state index is 15.3. The summed E-state index contributed by atoms with van der Waals surface area (Å²) < 4.78 is 55.2. The van der Waals surface area contributed by atoms with Crippen LogP contribution in [0.25, 0.3) is 10.8 Å². The van der Waals surface area contributed by atoms with Crippen LogP contribution in [-0.4, -0.2) is 19.0 Å². The first-order valence-corrected chi connectivity index (χ1v) is 12.4. The van der Waals surface area contributed by atoms with E-state index in [1.807, 2.05) is 31.2 Å². The fourth-order valence-electron chi connectivity index (χ4n) is 4.73. The number of fused-ring (bicyclic) bond motifs is 1. The lowest BCUT2D eigenvalue weighted by atomic mass is 9.95. The molecule has 6 heteroatoms. The normalized spacial score (nSPS) is 15.4. The summed E-state index contributed by atoms with van der Waals surface area (Å²) in [5.41, 5.74) is 1.35. The monoisotopic (exact) mass is 493 g/mol. The van der Waals surface area contributed by atoms with E-state index < -0.39 is 23.0 Å². The van der Waals surface area contributed by atoms with Gasteiger partial charge in [0.1, 0.15) is 29.1 Å². The van der Waals surface area contributed by atoms with Crippen LogP contribution in [-0.2, 0) is 28.7 Å². The van der Waals surface area contributed by atoms with Gasteiger partial charge >= 0.3 is 0 Å². The van der Waals surface area contributed by atoms with Crippen LogP contribution in [0.15, 0.2) is 54.6 Å². The highest BCUT2D eigenvalue weighted by molar-refractivity contribution is 5.84. The number of aryl methyl sites for hydroxylation is 3. The number of ether oxygens (including phenoxy) is 2. The van der Waals surface area contributed by atoms with E-state index in [-0.39, 0.29) is 18.7 Å². The van der Waals surface area contributed by atoms with Crippen molar-refractivity contribution in [2.24, 2.45) is 0 Å². The third-order valence-electron chi connectivity index (χ3n) is 6.74. The zero-order valence-corrected chi connectivity index (χ0v) is 20.5. The molecule has 36 heavy (non-hydrogen) atoms. The van der Waals surface area contributed by atoms with Gasteiger partial charge in [-0.05, 0) is 73.2 Å². The summed E-state index contributed by atoms with van der Waals surface area (Å²) in [7, 11) is 0. The molecule has 0 N–H and O–H groups in total. The summed E-state index contributed by atoms with van der Waals surface area (Å²) in [6, 6.07) is 13.1. The molecule has 0 atom stereocenters. The Morgan fingerprint density at radius 1 is 0.917 bits per heavy atom. The molecule has 3 nitrogen and oxygen atoms in total. The summed E-state index contributed by atoms with van der Waals surface area (Å²) in [6.45, 7) is 3.40. The number of nitriles is 1. The molecule has 1 fully saturated rings. The quantitative estimate of drug-likeness (QED) is 0.293. The van der Waals surface area contributed by atoms with Gasteiger partial charge in [-0.1, -0.05) is 42.5 Å². The average Bonchev–Trinajstić information content (AvgIpc) is 2.88. The minimum atomic E-state index is -0.897. The van der Waals surface area contributed by atoms with Crippen molar-refractivity contribution in [1.82, 2.24) is 0 Å². The highest BCUT2D eigenvalue weighted by atomic mass is 19.1. The van der Waals surface area contributed by atoms with Crippen LogP contribution < -0.4 is 0 Å². The molecular formula is C30H30F3NO2. The van der Waals surface area contributed by atoms with E-state index in [9.17, 15) is 8.78 Å².